The zero-order valence-electron chi connectivity index (χ0n) is 8.42. The van der Waals surface area contributed by atoms with E-state index in [0.29, 0.717) is 9.87 Å². The Kier molecular flexibility index (Phi) is 2.43. The molecule has 0 aromatic carbocycles. The van der Waals surface area contributed by atoms with Gasteiger partial charge in [0.15, 0.2) is 0 Å². The third-order valence-corrected chi connectivity index (χ3v) is 4.15. The van der Waals surface area contributed by atoms with Gasteiger partial charge in [-0.05, 0) is 24.6 Å². The van der Waals surface area contributed by atoms with E-state index >= 15 is 0 Å². The highest BCUT2D eigenvalue weighted by atomic mass is 35.7. The monoisotopic (exact) mass is 260 g/mol. The molecule has 1 aromatic heterocycles. The number of hydrogen-bond donors (Lipinski definition) is 0. The van der Waals surface area contributed by atoms with E-state index in [4.69, 9.17) is 10.7 Å². The average Bonchev–Trinajstić information content (AvgIpc) is 2.15. The predicted octanol–water partition coefficient (Wildman–Crippen LogP) is 1.01. The van der Waals surface area contributed by atoms with Gasteiger partial charge in [-0.15, -0.1) is 0 Å². The number of carbonyl (C=O) groups is 1. The zero-order chi connectivity index (χ0) is 12.0. The van der Waals surface area contributed by atoms with E-state index in [-0.39, 0.29) is 6.42 Å². The molecule has 0 radical (unpaired) electrons. The molecule has 0 spiro atoms. The minimum Gasteiger partial charge on any atom is -0.274 e. The summed E-state index contributed by atoms with van der Waals surface area (Å²) in [5.74, 6) is -0.491. The Balaban J connectivity index is 2.46. The summed E-state index contributed by atoms with van der Waals surface area (Å²) < 4.78 is 23.2. The molecule has 0 N–H and O–H groups in total. The van der Waals surface area contributed by atoms with E-state index < -0.39 is 20.7 Å². The van der Waals surface area contributed by atoms with Crippen LogP contribution in [-0.2, 0) is 19.6 Å². The second-order valence-corrected chi connectivity index (χ2v) is 6.15. The van der Waals surface area contributed by atoms with E-state index in [2.05, 4.69) is 4.98 Å². The summed E-state index contributed by atoms with van der Waals surface area (Å²) in [5.41, 5.74) is -0.188. The summed E-state index contributed by atoms with van der Waals surface area (Å²) in [6.07, 6.45) is 3.22. The van der Waals surface area contributed by atoms with Crippen molar-refractivity contribution in [3.63, 3.8) is 0 Å². The Morgan fingerprint density at radius 3 is 2.44 bits per heavy atom. The van der Waals surface area contributed by atoms with Crippen molar-refractivity contribution in [1.82, 2.24) is 9.29 Å². The van der Waals surface area contributed by atoms with Gasteiger partial charge >= 0.3 is 9.24 Å². The van der Waals surface area contributed by atoms with Crippen LogP contribution in [0.4, 0.5) is 0 Å². The maximum Gasteiger partial charge on any atom is 0.324 e. The number of nitrogens with zero attached hydrogens (tertiary/aromatic N) is 2. The van der Waals surface area contributed by atoms with E-state index in [0.717, 1.165) is 0 Å². The summed E-state index contributed by atoms with van der Waals surface area (Å²) in [4.78, 5) is 15.2. The Morgan fingerprint density at radius 1 is 1.44 bits per heavy atom. The number of carbonyl (C=O) groups excluding carboxylic acids is 1. The third kappa shape index (κ3) is 1.58. The first kappa shape index (κ1) is 11.3. The Hall–Kier alpha value is -1.14. The van der Waals surface area contributed by atoms with Gasteiger partial charge in [0.1, 0.15) is 0 Å². The second kappa shape index (κ2) is 3.43. The molecule has 7 heteroatoms. The number of halogens is 1. The molecule has 5 nitrogen and oxygen atoms in total. The van der Waals surface area contributed by atoms with Gasteiger partial charge in [-0.2, -0.15) is 8.42 Å². The molecule has 1 saturated heterocycles. The van der Waals surface area contributed by atoms with Crippen molar-refractivity contribution in [2.45, 2.75) is 18.9 Å². The van der Waals surface area contributed by atoms with Crippen LogP contribution >= 0.6 is 10.7 Å². The predicted molar refractivity (Wildman–Crippen MR) is 57.8 cm³/mol. The van der Waals surface area contributed by atoms with Gasteiger partial charge in [0, 0.05) is 23.1 Å². The van der Waals surface area contributed by atoms with Crippen LogP contribution in [0.2, 0.25) is 0 Å². The minimum absolute atomic E-state index is 0.128. The lowest BCUT2D eigenvalue weighted by Crippen LogP contribution is -2.60. The van der Waals surface area contributed by atoms with Gasteiger partial charge in [-0.25, -0.2) is 4.31 Å². The third-order valence-electron chi connectivity index (χ3n) is 2.69. The summed E-state index contributed by atoms with van der Waals surface area (Å²) >= 11 is 0. The first-order chi connectivity index (χ1) is 7.36. The van der Waals surface area contributed by atoms with Crippen LogP contribution in [0.3, 0.4) is 0 Å². The summed E-state index contributed by atoms with van der Waals surface area (Å²) in [6, 6.07) is 3.34. The van der Waals surface area contributed by atoms with Gasteiger partial charge in [-0.1, -0.05) is 0 Å². The van der Waals surface area contributed by atoms with Gasteiger partial charge in [-0.3, -0.25) is 9.78 Å². The molecule has 0 saturated carbocycles. The number of pyridine rings is 1. The van der Waals surface area contributed by atoms with Crippen LogP contribution in [-0.4, -0.2) is 23.6 Å². The van der Waals surface area contributed by atoms with Crippen molar-refractivity contribution >= 4 is 25.8 Å². The van der Waals surface area contributed by atoms with E-state index in [9.17, 15) is 13.2 Å². The fraction of sp³-hybridized carbons (Fsp3) is 0.333. The van der Waals surface area contributed by atoms with Crippen LogP contribution < -0.4 is 0 Å². The van der Waals surface area contributed by atoms with E-state index in [1.54, 1.807) is 31.5 Å². The lowest BCUT2D eigenvalue weighted by molar-refractivity contribution is -0.144. The van der Waals surface area contributed by atoms with Crippen molar-refractivity contribution in [2.24, 2.45) is 0 Å². The molecule has 16 heavy (non-hydrogen) atoms. The molecular formula is C9H9ClN2O3S. The van der Waals surface area contributed by atoms with E-state index in [1.165, 1.54) is 0 Å². The van der Waals surface area contributed by atoms with Gasteiger partial charge in [0.2, 0.25) is 5.91 Å². The summed E-state index contributed by atoms with van der Waals surface area (Å²) in [7, 11) is 1.19. The normalized spacial score (nSPS) is 25.4. The summed E-state index contributed by atoms with van der Waals surface area (Å²) in [5, 5.41) is 0. The SMILES string of the molecule is CC1(c2ccncc2)CC(=O)N1S(=O)(=O)Cl. The molecule has 0 aliphatic carbocycles. The van der Waals surface area contributed by atoms with Crippen LogP contribution in [0.15, 0.2) is 24.5 Å². The van der Waals surface area contributed by atoms with Crippen molar-refractivity contribution < 1.29 is 13.2 Å². The Bertz CT molecular complexity index is 531. The van der Waals surface area contributed by atoms with Crippen LogP contribution in [0, 0.1) is 0 Å². The maximum absolute atomic E-state index is 11.3. The highest BCUT2D eigenvalue weighted by Crippen LogP contribution is 2.43. The maximum atomic E-state index is 11.3. The molecule has 1 fully saturated rings. The molecule has 1 unspecified atom stereocenters. The standard InChI is InChI=1S/C9H9ClN2O3S/c1-9(7-2-4-11-5-3-7)6-8(13)12(9)16(10,14)15/h2-5H,6H2,1H3. The number of aromatic nitrogens is 1. The topological polar surface area (TPSA) is 67.3 Å². The molecule has 1 atom stereocenters. The highest BCUT2D eigenvalue weighted by molar-refractivity contribution is 8.12. The van der Waals surface area contributed by atoms with Gasteiger partial charge in [0.05, 0.1) is 12.0 Å². The number of hydrogen-bond acceptors (Lipinski definition) is 4. The summed E-state index contributed by atoms with van der Waals surface area (Å²) in [6.45, 7) is 1.66. The lowest BCUT2D eigenvalue weighted by Gasteiger charge is -2.47. The van der Waals surface area contributed by atoms with Gasteiger partial charge < -0.3 is 0 Å². The molecule has 0 bridgehead atoms. The molecule has 2 rings (SSSR count). The smallest absolute Gasteiger partial charge is 0.274 e. The fourth-order valence-corrected chi connectivity index (χ4v) is 3.56. The number of amides is 1. The van der Waals surface area contributed by atoms with Crippen LogP contribution in [0.25, 0.3) is 0 Å². The number of rotatable bonds is 2. The van der Waals surface area contributed by atoms with Crippen LogP contribution in [0.5, 0.6) is 0 Å². The molecule has 1 aromatic rings. The lowest BCUT2D eigenvalue weighted by atomic mass is 9.82. The molecule has 1 amide bonds. The van der Waals surface area contributed by atoms with Crippen molar-refractivity contribution in [1.29, 1.82) is 0 Å². The fourth-order valence-electron chi connectivity index (χ4n) is 1.91. The quantitative estimate of drug-likeness (QED) is 0.588. The van der Waals surface area contributed by atoms with Crippen LogP contribution in [0.1, 0.15) is 18.9 Å². The molecule has 2 heterocycles. The Labute approximate surface area is 97.6 Å². The molecule has 1 aliphatic rings. The Morgan fingerprint density at radius 2 is 2.00 bits per heavy atom. The number of β-lactam (4-membered cyclic amide) rings is 1. The van der Waals surface area contributed by atoms with Gasteiger partial charge in [0.25, 0.3) is 0 Å². The second-order valence-electron chi connectivity index (χ2n) is 3.79. The molecule has 86 valence electrons. The zero-order valence-corrected chi connectivity index (χ0v) is 9.99. The first-order valence-corrected chi connectivity index (χ1v) is 6.81. The van der Waals surface area contributed by atoms with E-state index in [1.807, 2.05) is 0 Å². The minimum atomic E-state index is -4.04. The molecule has 1 aliphatic heterocycles. The molecular weight excluding hydrogens is 252 g/mol. The highest BCUT2D eigenvalue weighted by Gasteiger charge is 2.54. The average molecular weight is 261 g/mol. The van der Waals surface area contributed by atoms with Crippen molar-refractivity contribution in [3.8, 4) is 0 Å². The first-order valence-electron chi connectivity index (χ1n) is 4.54. The van der Waals surface area contributed by atoms with Crippen molar-refractivity contribution in [3.05, 3.63) is 30.1 Å². The van der Waals surface area contributed by atoms with Crippen molar-refractivity contribution in [2.75, 3.05) is 0 Å². The largest absolute Gasteiger partial charge is 0.324 e.